The van der Waals surface area contributed by atoms with Gasteiger partial charge in [0, 0.05) is 55.8 Å². The van der Waals surface area contributed by atoms with Crippen LogP contribution in [-0.4, -0.2) is 50.2 Å². The zero-order valence-electron chi connectivity index (χ0n) is 18.0. The van der Waals surface area contributed by atoms with Crippen molar-refractivity contribution in [1.29, 1.82) is 0 Å². The van der Waals surface area contributed by atoms with E-state index >= 15 is 0 Å². The fraction of sp³-hybridized carbons (Fsp3) is 0.636. The highest BCUT2D eigenvalue weighted by molar-refractivity contribution is 5.77. The number of nitrogens with zero attached hydrogens (tertiary/aromatic N) is 5. The number of fused-ring (bicyclic) bond motifs is 1. The lowest BCUT2D eigenvalue weighted by atomic mass is 9.98. The van der Waals surface area contributed by atoms with Crippen molar-refractivity contribution in [1.82, 2.24) is 30.0 Å². The Kier molecular flexibility index (Phi) is 5.67. The van der Waals surface area contributed by atoms with Gasteiger partial charge in [-0.1, -0.05) is 0 Å². The summed E-state index contributed by atoms with van der Waals surface area (Å²) >= 11 is 0. The molecule has 0 aliphatic carbocycles. The number of hydrogen-bond acceptors (Lipinski definition) is 5. The highest BCUT2D eigenvalue weighted by Gasteiger charge is 2.26. The number of aryl methyl sites for hydroxylation is 1. The molecule has 1 N–H and O–H groups in total. The summed E-state index contributed by atoms with van der Waals surface area (Å²) in [5, 5.41) is 8.05. The number of amides is 1. The number of nitrogens with one attached hydrogen (secondary N) is 1. The number of carbonyl (C=O) groups excluding carboxylic acids is 1. The predicted octanol–water partition coefficient (Wildman–Crippen LogP) is 2.60. The summed E-state index contributed by atoms with van der Waals surface area (Å²) in [7, 11) is 0. The van der Waals surface area contributed by atoms with Gasteiger partial charge in [-0.2, -0.15) is 5.10 Å². The van der Waals surface area contributed by atoms with E-state index in [1.807, 2.05) is 22.7 Å². The molecule has 2 atom stereocenters. The fourth-order valence-corrected chi connectivity index (χ4v) is 4.46. The number of piperidine rings is 1. The van der Waals surface area contributed by atoms with E-state index in [1.165, 1.54) is 12.0 Å². The van der Waals surface area contributed by atoms with E-state index in [0.717, 1.165) is 60.9 Å². The Morgan fingerprint density at radius 1 is 1.34 bits per heavy atom. The van der Waals surface area contributed by atoms with E-state index in [1.54, 1.807) is 0 Å². The van der Waals surface area contributed by atoms with Crippen LogP contribution in [0.1, 0.15) is 72.2 Å². The Morgan fingerprint density at radius 3 is 2.86 bits per heavy atom. The molecule has 0 unspecified atom stereocenters. The third-order valence-corrected chi connectivity index (χ3v) is 6.54. The molecule has 1 fully saturated rings. The second-order valence-electron chi connectivity index (χ2n) is 8.60. The third kappa shape index (κ3) is 4.06. The van der Waals surface area contributed by atoms with Gasteiger partial charge in [-0.3, -0.25) is 9.48 Å². The molecule has 7 nitrogen and oxygen atoms in total. The first kappa shape index (κ1) is 20.0. The van der Waals surface area contributed by atoms with E-state index < -0.39 is 0 Å². The summed E-state index contributed by atoms with van der Waals surface area (Å²) in [6.45, 7) is 11.6. The summed E-state index contributed by atoms with van der Waals surface area (Å²) in [6, 6.07) is 0.0497. The maximum atomic E-state index is 12.9. The van der Waals surface area contributed by atoms with E-state index in [9.17, 15) is 4.79 Å². The molecule has 4 rings (SSSR count). The van der Waals surface area contributed by atoms with Crippen LogP contribution in [0.3, 0.4) is 0 Å². The van der Waals surface area contributed by atoms with Crippen molar-refractivity contribution in [3.8, 4) is 0 Å². The van der Waals surface area contributed by atoms with Gasteiger partial charge in [0.2, 0.25) is 5.91 Å². The third-order valence-electron chi connectivity index (χ3n) is 6.54. The topological polar surface area (TPSA) is 75.9 Å². The molecule has 0 spiro atoms. The molecule has 1 amide bonds. The Labute approximate surface area is 172 Å². The molecule has 1 saturated heterocycles. The molecule has 0 radical (unpaired) electrons. The van der Waals surface area contributed by atoms with Crippen LogP contribution in [0, 0.1) is 20.8 Å². The fourth-order valence-electron chi connectivity index (χ4n) is 4.46. The summed E-state index contributed by atoms with van der Waals surface area (Å²) in [6.07, 6.45) is 5.55. The lowest BCUT2D eigenvalue weighted by Gasteiger charge is -2.30. The molecule has 2 aromatic heterocycles. The number of hydrogen-bond donors (Lipinski definition) is 1. The summed E-state index contributed by atoms with van der Waals surface area (Å²) in [4.78, 5) is 24.4. The molecular formula is C22H32N6O. The van der Waals surface area contributed by atoms with Gasteiger partial charge in [0.05, 0.1) is 17.4 Å². The van der Waals surface area contributed by atoms with E-state index in [0.29, 0.717) is 18.9 Å². The molecule has 29 heavy (non-hydrogen) atoms. The van der Waals surface area contributed by atoms with Crippen molar-refractivity contribution >= 4 is 5.91 Å². The Bertz CT molecular complexity index is 899. The van der Waals surface area contributed by atoms with Crippen LogP contribution >= 0.6 is 0 Å². The normalized spacial score (nSPS) is 20.4. The predicted molar refractivity (Wildman–Crippen MR) is 112 cm³/mol. The minimum Gasteiger partial charge on any atom is -0.338 e. The van der Waals surface area contributed by atoms with Gasteiger partial charge < -0.3 is 10.2 Å². The second-order valence-corrected chi connectivity index (χ2v) is 8.60. The first-order valence-corrected chi connectivity index (χ1v) is 10.8. The lowest BCUT2D eigenvalue weighted by molar-refractivity contribution is -0.133. The Hall–Kier alpha value is -2.28. The molecule has 7 heteroatoms. The summed E-state index contributed by atoms with van der Waals surface area (Å²) in [5.74, 6) is 1.55. The van der Waals surface area contributed by atoms with E-state index in [4.69, 9.17) is 4.98 Å². The monoisotopic (exact) mass is 396 g/mol. The maximum Gasteiger partial charge on any atom is 0.225 e. The standard InChI is InChI=1S/C22H32N6O/c1-14(28-17(4)15(2)16(3)26-28)10-21(29)27-9-7-20-19(13-27)12-24-22(25-20)18-6-5-8-23-11-18/h12,14,18,23H,5-11,13H2,1-4H3/t14-,18+/m1/s1. The van der Waals surface area contributed by atoms with Gasteiger partial charge in [0.25, 0.3) is 0 Å². The molecule has 4 heterocycles. The van der Waals surface area contributed by atoms with Crippen LogP contribution < -0.4 is 5.32 Å². The summed E-state index contributed by atoms with van der Waals surface area (Å²) < 4.78 is 1.99. The molecule has 0 saturated carbocycles. The van der Waals surface area contributed by atoms with E-state index in [2.05, 4.69) is 36.2 Å². The second kappa shape index (κ2) is 8.22. The van der Waals surface area contributed by atoms with Gasteiger partial charge in [-0.25, -0.2) is 9.97 Å². The zero-order chi connectivity index (χ0) is 20.5. The first-order valence-electron chi connectivity index (χ1n) is 10.8. The van der Waals surface area contributed by atoms with Crippen molar-refractivity contribution in [2.75, 3.05) is 19.6 Å². The van der Waals surface area contributed by atoms with Crippen LogP contribution in [-0.2, 0) is 17.8 Å². The van der Waals surface area contributed by atoms with Gasteiger partial charge >= 0.3 is 0 Å². The van der Waals surface area contributed by atoms with Crippen molar-refractivity contribution < 1.29 is 4.79 Å². The largest absolute Gasteiger partial charge is 0.338 e. The van der Waals surface area contributed by atoms with Crippen LogP contribution in [0.4, 0.5) is 0 Å². The molecule has 156 valence electrons. The lowest BCUT2D eigenvalue weighted by Crippen LogP contribution is -2.38. The molecule has 0 aromatic carbocycles. The SMILES string of the molecule is Cc1nn([C@H](C)CC(=O)N2CCc3nc([C@H]4CCCNC4)ncc3C2)c(C)c1C. The smallest absolute Gasteiger partial charge is 0.225 e. The minimum atomic E-state index is 0.0497. The van der Waals surface area contributed by atoms with Crippen molar-refractivity contribution in [2.45, 2.75) is 71.9 Å². The number of rotatable bonds is 4. The van der Waals surface area contributed by atoms with Crippen LogP contribution in [0.2, 0.25) is 0 Å². The number of aromatic nitrogens is 4. The molecule has 2 aromatic rings. The average Bonchev–Trinajstić information content (AvgIpc) is 3.01. The Balaban J connectivity index is 1.41. The van der Waals surface area contributed by atoms with E-state index in [-0.39, 0.29) is 11.9 Å². The molecule has 2 aliphatic rings. The van der Waals surface area contributed by atoms with Gasteiger partial charge in [0.1, 0.15) is 5.82 Å². The number of carbonyl (C=O) groups is 1. The highest BCUT2D eigenvalue weighted by Crippen LogP contribution is 2.25. The van der Waals surface area contributed by atoms with Crippen molar-refractivity contribution in [3.63, 3.8) is 0 Å². The minimum absolute atomic E-state index is 0.0497. The molecular weight excluding hydrogens is 364 g/mol. The van der Waals surface area contributed by atoms with Crippen LogP contribution in [0.15, 0.2) is 6.20 Å². The van der Waals surface area contributed by atoms with Crippen molar-refractivity contribution in [2.24, 2.45) is 0 Å². The average molecular weight is 397 g/mol. The van der Waals surface area contributed by atoms with Crippen molar-refractivity contribution in [3.05, 3.63) is 40.2 Å². The summed E-state index contributed by atoms with van der Waals surface area (Å²) in [5.41, 5.74) is 5.59. The first-order chi connectivity index (χ1) is 13.9. The molecule has 2 aliphatic heterocycles. The quantitative estimate of drug-likeness (QED) is 0.860. The van der Waals surface area contributed by atoms with Gasteiger partial charge in [-0.15, -0.1) is 0 Å². The highest BCUT2D eigenvalue weighted by atomic mass is 16.2. The van der Waals surface area contributed by atoms with Gasteiger partial charge in [-0.05, 0) is 52.6 Å². The molecule has 0 bridgehead atoms. The Morgan fingerprint density at radius 2 is 2.17 bits per heavy atom. The van der Waals surface area contributed by atoms with Crippen LogP contribution in [0.25, 0.3) is 0 Å². The van der Waals surface area contributed by atoms with Gasteiger partial charge in [0.15, 0.2) is 0 Å². The maximum absolute atomic E-state index is 12.9. The van der Waals surface area contributed by atoms with Crippen LogP contribution in [0.5, 0.6) is 0 Å². The zero-order valence-corrected chi connectivity index (χ0v) is 18.0.